The van der Waals surface area contributed by atoms with E-state index in [2.05, 4.69) is 5.32 Å². The quantitative estimate of drug-likeness (QED) is 0.886. The smallest absolute Gasteiger partial charge is 0.338 e. The molecule has 0 saturated heterocycles. The molecule has 0 aliphatic carbocycles. The number of anilines is 1. The summed E-state index contributed by atoms with van der Waals surface area (Å²) in [6.07, 6.45) is 1.91. The van der Waals surface area contributed by atoms with Gasteiger partial charge in [0.25, 0.3) is 5.91 Å². The summed E-state index contributed by atoms with van der Waals surface area (Å²) in [5.74, 6) is -1.37. The van der Waals surface area contributed by atoms with Crippen molar-refractivity contribution < 1.29 is 23.5 Å². The summed E-state index contributed by atoms with van der Waals surface area (Å²) in [6, 6.07) is 6.58. The molecule has 0 unspecified atom stereocenters. The van der Waals surface area contributed by atoms with Crippen LogP contribution in [-0.4, -0.2) is 23.2 Å². The summed E-state index contributed by atoms with van der Waals surface area (Å²) in [4.78, 5) is 22.6. The SMILES string of the molecule is CSCc1ccc(C(=O)Nc2ccc(C(=O)O)c(F)c2)o1. The summed E-state index contributed by atoms with van der Waals surface area (Å²) >= 11 is 1.56. The minimum Gasteiger partial charge on any atom is -0.478 e. The molecular weight excluding hydrogens is 297 g/mol. The molecule has 0 fully saturated rings. The number of amides is 1. The van der Waals surface area contributed by atoms with Crippen LogP contribution in [0.1, 0.15) is 26.7 Å². The van der Waals surface area contributed by atoms with E-state index in [1.807, 2.05) is 6.26 Å². The average molecular weight is 309 g/mol. The summed E-state index contributed by atoms with van der Waals surface area (Å²) in [7, 11) is 0. The van der Waals surface area contributed by atoms with E-state index in [0.717, 1.165) is 12.1 Å². The monoisotopic (exact) mass is 309 g/mol. The van der Waals surface area contributed by atoms with Gasteiger partial charge in [0.1, 0.15) is 11.6 Å². The minimum absolute atomic E-state index is 0.113. The van der Waals surface area contributed by atoms with Gasteiger partial charge in [0.15, 0.2) is 5.76 Å². The number of hydrogen-bond donors (Lipinski definition) is 2. The molecule has 7 heteroatoms. The Balaban J connectivity index is 2.11. The number of carboxylic acids is 1. The van der Waals surface area contributed by atoms with E-state index >= 15 is 0 Å². The van der Waals surface area contributed by atoms with Gasteiger partial charge in [0.2, 0.25) is 0 Å². The van der Waals surface area contributed by atoms with Gasteiger partial charge in [-0.1, -0.05) is 0 Å². The van der Waals surface area contributed by atoms with Crippen molar-refractivity contribution in [3.63, 3.8) is 0 Å². The van der Waals surface area contributed by atoms with Crippen molar-refractivity contribution in [1.82, 2.24) is 0 Å². The standard InChI is InChI=1S/C14H12FNO4S/c1-21-7-9-3-5-12(20-9)13(17)16-8-2-4-10(14(18)19)11(15)6-8/h2-6H,7H2,1H3,(H,16,17)(H,18,19). The van der Waals surface area contributed by atoms with Crippen molar-refractivity contribution in [3.05, 3.63) is 53.2 Å². The second-order valence-corrected chi connectivity index (χ2v) is 5.02. The molecule has 110 valence electrons. The maximum Gasteiger partial charge on any atom is 0.338 e. The molecule has 0 saturated carbocycles. The lowest BCUT2D eigenvalue weighted by atomic mass is 10.2. The number of rotatable bonds is 5. The van der Waals surface area contributed by atoms with Crippen LogP contribution in [0.15, 0.2) is 34.7 Å². The third kappa shape index (κ3) is 3.63. The summed E-state index contributed by atoms with van der Waals surface area (Å²) in [5.41, 5.74) is -0.293. The lowest BCUT2D eigenvalue weighted by Gasteiger charge is -2.04. The molecular formula is C14H12FNO4S. The van der Waals surface area contributed by atoms with Gasteiger partial charge in [-0.3, -0.25) is 4.79 Å². The fourth-order valence-corrected chi connectivity index (χ4v) is 2.12. The zero-order valence-corrected chi connectivity index (χ0v) is 11.9. The second-order valence-electron chi connectivity index (χ2n) is 4.15. The molecule has 1 heterocycles. The molecule has 0 spiro atoms. The highest BCUT2D eigenvalue weighted by Crippen LogP contribution is 2.17. The molecule has 0 bridgehead atoms. The maximum absolute atomic E-state index is 13.5. The van der Waals surface area contributed by atoms with E-state index in [-0.39, 0.29) is 11.4 Å². The van der Waals surface area contributed by atoms with E-state index < -0.39 is 23.3 Å². The van der Waals surface area contributed by atoms with Crippen molar-refractivity contribution in [3.8, 4) is 0 Å². The number of carboxylic acid groups (broad SMARTS) is 1. The molecule has 1 aromatic heterocycles. The molecule has 0 atom stereocenters. The zero-order chi connectivity index (χ0) is 15.4. The third-order valence-corrected chi connectivity index (χ3v) is 3.20. The lowest BCUT2D eigenvalue weighted by Crippen LogP contribution is -2.11. The Morgan fingerprint density at radius 2 is 2.10 bits per heavy atom. The van der Waals surface area contributed by atoms with Crippen LogP contribution in [0, 0.1) is 5.82 Å². The van der Waals surface area contributed by atoms with Crippen LogP contribution in [-0.2, 0) is 5.75 Å². The first-order valence-corrected chi connectivity index (χ1v) is 7.32. The molecule has 2 aromatic rings. The van der Waals surface area contributed by atoms with Gasteiger partial charge in [0.05, 0.1) is 11.3 Å². The highest BCUT2D eigenvalue weighted by atomic mass is 32.2. The molecule has 0 radical (unpaired) electrons. The van der Waals surface area contributed by atoms with Crippen molar-refractivity contribution in [1.29, 1.82) is 0 Å². The van der Waals surface area contributed by atoms with Gasteiger partial charge in [-0.2, -0.15) is 11.8 Å². The summed E-state index contributed by atoms with van der Waals surface area (Å²) in [6.45, 7) is 0. The van der Waals surface area contributed by atoms with Crippen LogP contribution in [0.3, 0.4) is 0 Å². The number of aromatic carboxylic acids is 1. The second kappa shape index (κ2) is 6.45. The number of thioether (sulfide) groups is 1. The Kier molecular flexibility index (Phi) is 4.64. The van der Waals surface area contributed by atoms with Gasteiger partial charge in [-0.25, -0.2) is 9.18 Å². The van der Waals surface area contributed by atoms with Crippen molar-refractivity contribution in [2.24, 2.45) is 0 Å². The predicted octanol–water partition coefficient (Wildman–Crippen LogP) is 3.23. The first-order valence-electron chi connectivity index (χ1n) is 5.93. The Hall–Kier alpha value is -2.28. The molecule has 0 aliphatic heterocycles. The van der Waals surface area contributed by atoms with Gasteiger partial charge >= 0.3 is 5.97 Å². The number of benzene rings is 1. The van der Waals surface area contributed by atoms with Gasteiger partial charge < -0.3 is 14.8 Å². The van der Waals surface area contributed by atoms with E-state index in [4.69, 9.17) is 9.52 Å². The zero-order valence-electron chi connectivity index (χ0n) is 11.1. The third-order valence-electron chi connectivity index (χ3n) is 2.63. The van der Waals surface area contributed by atoms with Gasteiger partial charge in [-0.05, 0) is 36.6 Å². The molecule has 5 nitrogen and oxygen atoms in total. The Labute approximate surface area is 124 Å². The molecule has 1 amide bonds. The summed E-state index contributed by atoms with van der Waals surface area (Å²) < 4.78 is 18.8. The lowest BCUT2D eigenvalue weighted by molar-refractivity contribution is 0.0692. The Morgan fingerprint density at radius 1 is 1.33 bits per heavy atom. The number of carbonyl (C=O) groups excluding carboxylic acids is 1. The Bertz CT molecular complexity index is 683. The molecule has 0 aliphatic rings. The topological polar surface area (TPSA) is 79.5 Å². The van der Waals surface area contributed by atoms with Crippen molar-refractivity contribution >= 4 is 29.3 Å². The van der Waals surface area contributed by atoms with E-state index in [1.165, 1.54) is 12.1 Å². The predicted molar refractivity (Wildman–Crippen MR) is 77.2 cm³/mol. The number of halogens is 1. The van der Waals surface area contributed by atoms with Gasteiger partial charge in [-0.15, -0.1) is 0 Å². The first kappa shape index (κ1) is 15.1. The molecule has 2 N–H and O–H groups in total. The first-order chi connectivity index (χ1) is 10.0. The van der Waals surface area contributed by atoms with E-state index in [0.29, 0.717) is 11.5 Å². The normalized spacial score (nSPS) is 10.4. The van der Waals surface area contributed by atoms with Gasteiger partial charge in [0, 0.05) is 5.69 Å². The highest BCUT2D eigenvalue weighted by Gasteiger charge is 2.14. The van der Waals surface area contributed by atoms with Crippen LogP contribution < -0.4 is 5.32 Å². The fraction of sp³-hybridized carbons (Fsp3) is 0.143. The molecule has 2 rings (SSSR count). The highest BCUT2D eigenvalue weighted by molar-refractivity contribution is 7.97. The summed E-state index contributed by atoms with van der Waals surface area (Å²) in [5, 5.41) is 11.2. The number of hydrogen-bond acceptors (Lipinski definition) is 4. The largest absolute Gasteiger partial charge is 0.478 e. The fourth-order valence-electron chi connectivity index (χ4n) is 1.68. The van der Waals surface area contributed by atoms with Crippen LogP contribution in [0.5, 0.6) is 0 Å². The molecule has 21 heavy (non-hydrogen) atoms. The minimum atomic E-state index is -1.36. The Morgan fingerprint density at radius 3 is 2.71 bits per heavy atom. The molecule has 1 aromatic carbocycles. The van der Waals surface area contributed by atoms with Crippen LogP contribution in [0.2, 0.25) is 0 Å². The van der Waals surface area contributed by atoms with Crippen LogP contribution in [0.25, 0.3) is 0 Å². The van der Waals surface area contributed by atoms with Crippen LogP contribution in [0.4, 0.5) is 10.1 Å². The number of carbonyl (C=O) groups is 2. The van der Waals surface area contributed by atoms with E-state index in [9.17, 15) is 14.0 Å². The average Bonchev–Trinajstić information content (AvgIpc) is 2.87. The van der Waals surface area contributed by atoms with Crippen molar-refractivity contribution in [2.75, 3.05) is 11.6 Å². The number of furan rings is 1. The number of nitrogens with one attached hydrogen (secondary N) is 1. The van der Waals surface area contributed by atoms with Crippen LogP contribution >= 0.6 is 11.8 Å². The van der Waals surface area contributed by atoms with Crippen molar-refractivity contribution in [2.45, 2.75) is 5.75 Å². The maximum atomic E-state index is 13.5. The van der Waals surface area contributed by atoms with E-state index in [1.54, 1.807) is 17.8 Å².